The molecule has 33 heavy (non-hydrogen) atoms. The second kappa shape index (κ2) is 8.48. The number of sulfonamides is 1. The predicted octanol–water partition coefficient (Wildman–Crippen LogP) is 2.80. The summed E-state index contributed by atoms with van der Waals surface area (Å²) < 4.78 is 59.1. The minimum Gasteiger partial charge on any atom is -0.382 e. The van der Waals surface area contributed by atoms with Crippen LogP contribution in [-0.2, 0) is 24.6 Å². The van der Waals surface area contributed by atoms with Crippen LogP contribution in [0.2, 0.25) is 0 Å². The van der Waals surface area contributed by atoms with Crippen molar-refractivity contribution in [2.45, 2.75) is 55.6 Å². The Morgan fingerprint density at radius 3 is 2.73 bits per heavy atom. The fourth-order valence-electron chi connectivity index (χ4n) is 5.41. The molecule has 3 aliphatic rings. The van der Waals surface area contributed by atoms with Gasteiger partial charge in [0.05, 0.1) is 28.6 Å². The van der Waals surface area contributed by atoms with Crippen molar-refractivity contribution < 1.29 is 21.6 Å². The van der Waals surface area contributed by atoms with Gasteiger partial charge in [-0.05, 0) is 56.7 Å². The molecular formula is C23H31N3O5S2. The summed E-state index contributed by atoms with van der Waals surface area (Å²) >= 11 is 0. The Hall–Kier alpha value is -1.75. The molecule has 0 amide bonds. The molecule has 0 spiro atoms. The van der Waals surface area contributed by atoms with Crippen LogP contribution < -0.4 is 5.32 Å². The Morgan fingerprint density at radius 2 is 2.00 bits per heavy atom. The van der Waals surface area contributed by atoms with Crippen molar-refractivity contribution >= 4 is 36.3 Å². The molecule has 180 valence electrons. The molecule has 1 aromatic heterocycles. The zero-order valence-corrected chi connectivity index (χ0v) is 20.5. The average molecular weight is 494 g/mol. The molecule has 1 aromatic carbocycles. The molecule has 0 radical (unpaired) electrons. The van der Waals surface area contributed by atoms with Crippen LogP contribution in [0.5, 0.6) is 0 Å². The number of anilines is 1. The number of rotatable bonds is 6. The van der Waals surface area contributed by atoms with Crippen molar-refractivity contribution in [2.24, 2.45) is 5.92 Å². The smallest absolute Gasteiger partial charge is 0.243 e. The lowest BCUT2D eigenvalue weighted by molar-refractivity contribution is -0.00273. The van der Waals surface area contributed by atoms with Crippen molar-refractivity contribution in [1.29, 1.82) is 0 Å². The average Bonchev–Trinajstić information content (AvgIpc) is 3.19. The van der Waals surface area contributed by atoms with Gasteiger partial charge in [0, 0.05) is 48.0 Å². The molecule has 2 aromatic rings. The third kappa shape index (κ3) is 4.38. The van der Waals surface area contributed by atoms with Crippen molar-refractivity contribution in [3.05, 3.63) is 30.6 Å². The van der Waals surface area contributed by atoms with E-state index in [4.69, 9.17) is 4.74 Å². The normalized spacial score (nSPS) is 28.6. The molecule has 5 rings (SSSR count). The Kier molecular flexibility index (Phi) is 5.91. The van der Waals surface area contributed by atoms with E-state index >= 15 is 0 Å². The van der Waals surface area contributed by atoms with Gasteiger partial charge in [-0.2, -0.15) is 4.31 Å². The molecule has 1 N–H and O–H groups in total. The monoisotopic (exact) mass is 493 g/mol. The van der Waals surface area contributed by atoms with Gasteiger partial charge in [-0.25, -0.2) is 16.8 Å². The number of hydrogen-bond donors (Lipinski definition) is 1. The molecule has 2 unspecified atom stereocenters. The predicted molar refractivity (Wildman–Crippen MR) is 127 cm³/mol. The summed E-state index contributed by atoms with van der Waals surface area (Å²) in [4.78, 5) is 4.52. The minimum atomic E-state index is -3.64. The number of ether oxygens (including phenoxy) is 1. The van der Waals surface area contributed by atoms with Crippen LogP contribution in [0.25, 0.3) is 10.8 Å². The molecule has 2 atom stereocenters. The van der Waals surface area contributed by atoms with Crippen molar-refractivity contribution in [3.8, 4) is 0 Å². The van der Waals surface area contributed by atoms with E-state index in [0.29, 0.717) is 33.8 Å². The highest BCUT2D eigenvalue weighted by Gasteiger charge is 2.42. The maximum absolute atomic E-state index is 13.7. The SMILES string of the molecule is CC1(CNc2ccc(S(=O)(=O)N3CCCC3C3CCC3)c3ccncc23)CS(=O)(=O)CCO1. The van der Waals surface area contributed by atoms with Gasteiger partial charge >= 0.3 is 0 Å². The molecular weight excluding hydrogens is 462 g/mol. The molecule has 0 bridgehead atoms. The van der Waals surface area contributed by atoms with E-state index in [0.717, 1.165) is 25.7 Å². The molecule has 8 nitrogen and oxygen atoms in total. The Labute approximate surface area is 195 Å². The van der Waals surface area contributed by atoms with Gasteiger partial charge in [0.2, 0.25) is 10.0 Å². The summed E-state index contributed by atoms with van der Waals surface area (Å²) in [6.45, 7) is 2.82. The van der Waals surface area contributed by atoms with Gasteiger partial charge in [0.25, 0.3) is 0 Å². The number of aromatic nitrogens is 1. The number of benzene rings is 1. The zero-order valence-electron chi connectivity index (χ0n) is 18.9. The van der Waals surface area contributed by atoms with E-state index in [-0.39, 0.29) is 30.7 Å². The van der Waals surface area contributed by atoms with Gasteiger partial charge in [0.15, 0.2) is 9.84 Å². The van der Waals surface area contributed by atoms with E-state index in [9.17, 15) is 16.8 Å². The molecule has 3 heterocycles. The van der Waals surface area contributed by atoms with Crippen LogP contribution in [0.4, 0.5) is 5.69 Å². The van der Waals surface area contributed by atoms with Gasteiger partial charge in [-0.3, -0.25) is 4.98 Å². The van der Waals surface area contributed by atoms with Crippen LogP contribution in [-0.4, -0.2) is 69.0 Å². The van der Waals surface area contributed by atoms with Crippen molar-refractivity contribution in [2.75, 3.05) is 36.5 Å². The third-order valence-electron chi connectivity index (χ3n) is 7.33. The van der Waals surface area contributed by atoms with E-state index in [1.807, 2.05) is 0 Å². The standard InChI is InChI=1S/C23H31N3O5S2/c1-23(16-32(27,28)13-12-31-23)15-25-20-7-8-22(18-9-10-24-14-19(18)20)33(29,30)26-11-3-6-21(26)17-4-2-5-17/h7-10,14,17,21,25H,2-6,11-13,15-16H2,1H3. The summed E-state index contributed by atoms with van der Waals surface area (Å²) in [7, 11) is -6.79. The summed E-state index contributed by atoms with van der Waals surface area (Å²) in [6, 6.07) is 5.26. The first-order valence-electron chi connectivity index (χ1n) is 11.7. The lowest BCUT2D eigenvalue weighted by Gasteiger charge is -2.36. The lowest BCUT2D eigenvalue weighted by Crippen LogP contribution is -2.48. The van der Waals surface area contributed by atoms with E-state index in [1.54, 1.807) is 41.8 Å². The fraction of sp³-hybridized carbons (Fsp3) is 0.609. The maximum atomic E-state index is 13.7. The topological polar surface area (TPSA) is 106 Å². The summed E-state index contributed by atoms with van der Waals surface area (Å²) in [6.07, 6.45) is 8.52. The van der Waals surface area contributed by atoms with Crippen LogP contribution >= 0.6 is 0 Å². The van der Waals surface area contributed by atoms with Crippen molar-refractivity contribution in [1.82, 2.24) is 9.29 Å². The number of hydrogen-bond acceptors (Lipinski definition) is 7. The minimum absolute atomic E-state index is 0.0420. The van der Waals surface area contributed by atoms with Gasteiger partial charge in [-0.15, -0.1) is 0 Å². The molecule has 1 saturated carbocycles. The summed E-state index contributed by atoms with van der Waals surface area (Å²) in [5.74, 6) is 0.469. The largest absolute Gasteiger partial charge is 0.382 e. The van der Waals surface area contributed by atoms with Crippen LogP contribution in [0.1, 0.15) is 39.0 Å². The highest BCUT2D eigenvalue weighted by Crippen LogP contribution is 2.41. The second-order valence-electron chi connectivity index (χ2n) is 9.79. The van der Waals surface area contributed by atoms with E-state index < -0.39 is 25.5 Å². The second-order valence-corrected chi connectivity index (χ2v) is 13.8. The van der Waals surface area contributed by atoms with Crippen LogP contribution in [0, 0.1) is 5.92 Å². The molecule has 2 aliphatic heterocycles. The Bertz CT molecular complexity index is 1260. The van der Waals surface area contributed by atoms with Crippen LogP contribution in [0.3, 0.4) is 0 Å². The first-order chi connectivity index (χ1) is 15.7. The Morgan fingerprint density at radius 1 is 1.18 bits per heavy atom. The van der Waals surface area contributed by atoms with Gasteiger partial charge in [-0.1, -0.05) is 6.42 Å². The molecule has 1 aliphatic carbocycles. The molecule has 3 fully saturated rings. The van der Waals surface area contributed by atoms with Gasteiger partial charge in [0.1, 0.15) is 0 Å². The summed E-state index contributed by atoms with van der Waals surface area (Å²) in [5.41, 5.74) is -0.135. The lowest BCUT2D eigenvalue weighted by atomic mass is 9.79. The fourth-order valence-corrected chi connectivity index (χ4v) is 8.96. The van der Waals surface area contributed by atoms with E-state index in [2.05, 4.69) is 10.3 Å². The first-order valence-corrected chi connectivity index (χ1v) is 14.9. The molecule has 10 heteroatoms. The summed E-state index contributed by atoms with van der Waals surface area (Å²) in [5, 5.41) is 4.61. The number of pyridine rings is 1. The van der Waals surface area contributed by atoms with Crippen LogP contribution in [0.15, 0.2) is 35.5 Å². The number of nitrogens with zero attached hydrogens (tertiary/aromatic N) is 2. The third-order valence-corrected chi connectivity index (χ3v) is 11.2. The maximum Gasteiger partial charge on any atom is 0.243 e. The number of fused-ring (bicyclic) bond motifs is 1. The van der Waals surface area contributed by atoms with Gasteiger partial charge < -0.3 is 10.1 Å². The number of sulfone groups is 1. The highest BCUT2D eigenvalue weighted by atomic mass is 32.2. The molecule has 2 saturated heterocycles. The number of nitrogens with one attached hydrogen (secondary N) is 1. The quantitative estimate of drug-likeness (QED) is 0.660. The first kappa shape index (κ1) is 23.0. The highest BCUT2D eigenvalue weighted by molar-refractivity contribution is 7.91. The van der Waals surface area contributed by atoms with E-state index in [1.165, 1.54) is 6.42 Å². The Balaban J connectivity index is 1.45. The van der Waals surface area contributed by atoms with Crippen molar-refractivity contribution in [3.63, 3.8) is 0 Å². The zero-order chi connectivity index (χ0) is 23.3.